The number of alkyl halides is 6. The van der Waals surface area contributed by atoms with E-state index >= 15 is 0 Å². The molecule has 0 aromatic carbocycles. The van der Waals surface area contributed by atoms with Crippen molar-refractivity contribution in [1.29, 1.82) is 0 Å². The monoisotopic (exact) mass is 499 g/mol. The van der Waals surface area contributed by atoms with Crippen LogP contribution in [0.3, 0.4) is 0 Å². The molecule has 9 nitrogen and oxygen atoms in total. The van der Waals surface area contributed by atoms with Crippen molar-refractivity contribution in [3.8, 4) is 0 Å². The number of carbonyl (C=O) groups excluding carboxylic acids is 1. The molecule has 190 valence electrons. The Morgan fingerprint density at radius 3 is 2.41 bits per heavy atom. The highest BCUT2D eigenvalue weighted by Crippen LogP contribution is 2.37. The van der Waals surface area contributed by atoms with Crippen molar-refractivity contribution in [2.75, 3.05) is 19.6 Å². The first-order chi connectivity index (χ1) is 15.6. The lowest BCUT2D eigenvalue weighted by molar-refractivity contribution is -0.153. The van der Waals surface area contributed by atoms with Crippen LogP contribution in [-0.4, -0.2) is 73.9 Å². The molecule has 0 saturated carbocycles. The molecule has 3 atom stereocenters. The van der Waals surface area contributed by atoms with Gasteiger partial charge in [-0.15, -0.1) is 0 Å². The van der Waals surface area contributed by atoms with Crippen molar-refractivity contribution < 1.29 is 46.1 Å². The van der Waals surface area contributed by atoms with E-state index in [0.29, 0.717) is 13.0 Å². The van der Waals surface area contributed by atoms with Gasteiger partial charge in [0.15, 0.2) is 5.69 Å². The van der Waals surface area contributed by atoms with Crippen LogP contribution >= 0.6 is 0 Å². The lowest BCUT2D eigenvalue weighted by Crippen LogP contribution is -2.49. The number of nitrogens with zero attached hydrogens (tertiary/aromatic N) is 4. The number of likely N-dealkylation sites (tertiary alicyclic amines) is 1. The third-order valence-electron chi connectivity index (χ3n) is 5.71. The molecule has 2 amide bonds. The smallest absolute Gasteiger partial charge is 0.451 e. The average Bonchev–Trinajstić information content (AvgIpc) is 3.01. The summed E-state index contributed by atoms with van der Waals surface area (Å²) in [6.07, 6.45) is -13.5. The molecule has 0 radical (unpaired) electrons. The summed E-state index contributed by atoms with van der Waals surface area (Å²) < 4.78 is 79.2. The molecule has 15 heteroatoms. The van der Waals surface area contributed by atoms with Crippen LogP contribution in [0.15, 0.2) is 0 Å². The number of aliphatic hydroxyl groups excluding tert-OH is 1. The van der Waals surface area contributed by atoms with Crippen LogP contribution in [0.25, 0.3) is 0 Å². The van der Waals surface area contributed by atoms with Gasteiger partial charge in [-0.05, 0) is 12.3 Å². The minimum absolute atomic E-state index is 0.0322. The highest BCUT2D eigenvalue weighted by atomic mass is 19.4. The van der Waals surface area contributed by atoms with Gasteiger partial charge in [0, 0.05) is 44.6 Å². The SMILES string of the molecule is CC1CC(=O)N(C[C@H](CC(O)N2CCc3c(nc(C(F)(F)F)nc3C(F)(F)F)C2)NC(=O)O)C1. The van der Waals surface area contributed by atoms with Gasteiger partial charge in [0.1, 0.15) is 6.23 Å². The Labute approximate surface area is 189 Å². The van der Waals surface area contributed by atoms with Crippen molar-refractivity contribution in [2.24, 2.45) is 5.92 Å². The van der Waals surface area contributed by atoms with Crippen LogP contribution in [0.2, 0.25) is 0 Å². The lowest BCUT2D eigenvalue weighted by atomic mass is 10.0. The number of aromatic nitrogens is 2. The van der Waals surface area contributed by atoms with E-state index in [1.54, 1.807) is 0 Å². The summed E-state index contributed by atoms with van der Waals surface area (Å²) in [6.45, 7) is 1.55. The Morgan fingerprint density at radius 1 is 1.21 bits per heavy atom. The summed E-state index contributed by atoms with van der Waals surface area (Å²) in [5, 5.41) is 21.9. The van der Waals surface area contributed by atoms with E-state index in [1.807, 2.05) is 6.92 Å². The number of nitrogens with one attached hydrogen (secondary N) is 1. The molecule has 1 fully saturated rings. The maximum absolute atomic E-state index is 13.3. The zero-order valence-electron chi connectivity index (χ0n) is 17.9. The zero-order chi connectivity index (χ0) is 25.4. The topological polar surface area (TPSA) is 119 Å². The van der Waals surface area contributed by atoms with Crippen molar-refractivity contribution in [3.63, 3.8) is 0 Å². The molecule has 3 heterocycles. The third-order valence-corrected chi connectivity index (χ3v) is 5.71. The highest BCUT2D eigenvalue weighted by molar-refractivity contribution is 5.78. The summed E-state index contributed by atoms with van der Waals surface area (Å²) in [4.78, 5) is 31.8. The number of hydrogen-bond donors (Lipinski definition) is 3. The summed E-state index contributed by atoms with van der Waals surface area (Å²) in [6, 6.07) is -0.912. The fourth-order valence-electron chi connectivity index (χ4n) is 4.24. The minimum Gasteiger partial charge on any atom is -0.465 e. The molecule has 2 aliphatic heterocycles. The van der Waals surface area contributed by atoms with E-state index in [1.165, 1.54) is 9.80 Å². The maximum Gasteiger partial charge on any atom is 0.451 e. The molecule has 2 aliphatic rings. The predicted octanol–water partition coefficient (Wildman–Crippen LogP) is 2.09. The standard InChI is InChI=1S/C19H23F6N5O4/c1-9-4-13(31)30(6-9)7-10(26-17(33)34)5-14(32)29-3-2-11-12(8-29)27-16(19(23,24)25)28-15(11)18(20,21)22/h9-10,14,26,32H,2-8H2,1H3,(H,33,34)/t9?,10-,14?/m0/s1. The number of hydrogen-bond acceptors (Lipinski definition) is 6. The molecule has 0 aliphatic carbocycles. The molecule has 0 spiro atoms. The first kappa shape index (κ1) is 25.9. The number of halogens is 6. The van der Waals surface area contributed by atoms with Crippen molar-refractivity contribution >= 4 is 12.0 Å². The molecular weight excluding hydrogens is 476 g/mol. The fraction of sp³-hybridized carbons (Fsp3) is 0.684. The molecule has 3 rings (SSSR count). The Morgan fingerprint density at radius 2 is 1.88 bits per heavy atom. The third kappa shape index (κ3) is 6.05. The van der Waals surface area contributed by atoms with Gasteiger partial charge in [-0.1, -0.05) is 6.92 Å². The largest absolute Gasteiger partial charge is 0.465 e. The molecule has 1 aromatic heterocycles. The molecule has 3 N–H and O–H groups in total. The lowest BCUT2D eigenvalue weighted by Gasteiger charge is -2.35. The van der Waals surface area contributed by atoms with Gasteiger partial charge in [-0.3, -0.25) is 9.69 Å². The first-order valence-electron chi connectivity index (χ1n) is 10.4. The normalized spacial score (nSPS) is 21.4. The molecular formula is C19H23F6N5O4. The second-order valence-electron chi connectivity index (χ2n) is 8.51. The summed E-state index contributed by atoms with van der Waals surface area (Å²) in [5.74, 6) is -2.03. The van der Waals surface area contributed by atoms with Gasteiger partial charge in [0.05, 0.1) is 11.7 Å². The van der Waals surface area contributed by atoms with Gasteiger partial charge < -0.3 is 20.4 Å². The first-order valence-corrected chi connectivity index (χ1v) is 10.4. The molecule has 0 bridgehead atoms. The van der Waals surface area contributed by atoms with Crippen LogP contribution in [-0.2, 0) is 30.1 Å². The minimum atomic E-state index is -5.20. The van der Waals surface area contributed by atoms with Crippen LogP contribution in [0.5, 0.6) is 0 Å². The molecule has 1 saturated heterocycles. The van der Waals surface area contributed by atoms with E-state index in [9.17, 15) is 41.0 Å². The van der Waals surface area contributed by atoms with E-state index in [4.69, 9.17) is 5.11 Å². The van der Waals surface area contributed by atoms with E-state index in [-0.39, 0.29) is 37.8 Å². The van der Waals surface area contributed by atoms with Crippen molar-refractivity contribution in [3.05, 3.63) is 22.8 Å². The quantitative estimate of drug-likeness (QED) is 0.513. The predicted molar refractivity (Wildman–Crippen MR) is 102 cm³/mol. The Hall–Kier alpha value is -2.68. The summed E-state index contributed by atoms with van der Waals surface area (Å²) >= 11 is 0. The van der Waals surface area contributed by atoms with Crippen molar-refractivity contribution in [2.45, 2.75) is 57.4 Å². The van der Waals surface area contributed by atoms with E-state index in [2.05, 4.69) is 15.3 Å². The highest BCUT2D eigenvalue weighted by Gasteiger charge is 2.44. The Kier molecular flexibility index (Phi) is 7.26. The van der Waals surface area contributed by atoms with E-state index < -0.39 is 60.0 Å². The number of fused-ring (bicyclic) bond motifs is 1. The summed E-state index contributed by atoms with van der Waals surface area (Å²) in [5.41, 5.74) is -2.64. The fourth-order valence-corrected chi connectivity index (χ4v) is 4.24. The van der Waals surface area contributed by atoms with Gasteiger partial charge in [0.25, 0.3) is 0 Å². The van der Waals surface area contributed by atoms with Crippen LogP contribution in [0.1, 0.15) is 42.5 Å². The van der Waals surface area contributed by atoms with Crippen LogP contribution < -0.4 is 5.32 Å². The summed E-state index contributed by atoms with van der Waals surface area (Å²) in [7, 11) is 0. The van der Waals surface area contributed by atoms with Gasteiger partial charge >= 0.3 is 18.4 Å². The zero-order valence-corrected chi connectivity index (χ0v) is 17.9. The second-order valence-corrected chi connectivity index (χ2v) is 8.51. The molecule has 2 unspecified atom stereocenters. The maximum atomic E-state index is 13.3. The van der Waals surface area contributed by atoms with Crippen LogP contribution in [0.4, 0.5) is 31.1 Å². The number of carboxylic acid groups (broad SMARTS) is 1. The number of amides is 2. The number of carbonyl (C=O) groups is 2. The van der Waals surface area contributed by atoms with Gasteiger partial charge in [0.2, 0.25) is 11.7 Å². The number of aliphatic hydroxyl groups is 1. The Balaban J connectivity index is 1.78. The average molecular weight is 499 g/mol. The molecule has 1 aromatic rings. The Bertz CT molecular complexity index is 941. The molecule has 34 heavy (non-hydrogen) atoms. The van der Waals surface area contributed by atoms with E-state index in [0.717, 1.165) is 0 Å². The van der Waals surface area contributed by atoms with Gasteiger partial charge in [-0.25, -0.2) is 14.8 Å². The second kappa shape index (κ2) is 9.52. The van der Waals surface area contributed by atoms with Crippen molar-refractivity contribution in [1.82, 2.24) is 25.1 Å². The van der Waals surface area contributed by atoms with Crippen LogP contribution in [0, 0.1) is 5.92 Å². The number of rotatable bonds is 6. The van der Waals surface area contributed by atoms with Gasteiger partial charge in [-0.2, -0.15) is 26.3 Å².